The summed E-state index contributed by atoms with van der Waals surface area (Å²) in [5, 5.41) is 22.8. The van der Waals surface area contributed by atoms with Gasteiger partial charge in [0, 0.05) is 0 Å². The molecule has 0 radical (unpaired) electrons. The van der Waals surface area contributed by atoms with E-state index in [1.807, 2.05) is 0 Å². The standard InChI is InChI=1S/C9H7.C4H10N.2C2H5O.2CH3.H4Si.Ti/c1-2-5-9-7-3-6-8(9)4-1;1-4(2,3)5;2*1-2-3;;;;/h1-7H;5H,1-3H3;2*2H2,1H3;2*1H3;1H4;/q;3*-1;;;;+3. The van der Waals surface area contributed by atoms with Crippen LogP contribution in [0.15, 0.2) is 30.3 Å². The third-order valence-electron chi connectivity index (χ3n) is 3.27. The van der Waals surface area contributed by atoms with Crippen molar-refractivity contribution in [3.63, 3.8) is 0 Å². The van der Waals surface area contributed by atoms with Crippen LogP contribution in [0.5, 0.6) is 0 Å². The predicted molar refractivity (Wildman–Crippen MR) is 105 cm³/mol. The molecule has 1 atom stereocenters. The first-order chi connectivity index (χ1) is 10.6. The molecule has 0 aromatic heterocycles. The zero-order chi connectivity index (χ0) is 18.1. The van der Waals surface area contributed by atoms with Crippen LogP contribution in [0, 0.1) is 0 Å². The molecule has 1 aliphatic carbocycles. The number of allylic oxidation sites excluding steroid dienone is 1. The second kappa shape index (κ2) is 12.2. The van der Waals surface area contributed by atoms with E-state index in [0.717, 1.165) is 0 Å². The van der Waals surface area contributed by atoms with E-state index in [1.165, 1.54) is 11.1 Å². The van der Waals surface area contributed by atoms with Crippen molar-refractivity contribution in [3.05, 3.63) is 41.5 Å². The molecule has 0 saturated heterocycles. The van der Waals surface area contributed by atoms with Crippen LogP contribution in [0.3, 0.4) is 0 Å². The van der Waals surface area contributed by atoms with E-state index in [2.05, 4.69) is 71.4 Å². The fourth-order valence-electron chi connectivity index (χ4n) is 2.92. The van der Waals surface area contributed by atoms with Gasteiger partial charge < -0.3 is 10.2 Å². The molecular weight excluding hydrogens is 350 g/mol. The van der Waals surface area contributed by atoms with Gasteiger partial charge >= 0.3 is 109 Å². The van der Waals surface area contributed by atoms with E-state index in [1.54, 1.807) is 13.8 Å². The Balaban J connectivity index is 0. The van der Waals surface area contributed by atoms with Crippen molar-refractivity contribution in [1.82, 2.24) is 3.80 Å². The van der Waals surface area contributed by atoms with Crippen molar-refractivity contribution in [2.75, 3.05) is 13.2 Å². The average molecular weight is 387 g/mol. The molecule has 1 aromatic carbocycles. The van der Waals surface area contributed by atoms with Crippen molar-refractivity contribution in [1.29, 1.82) is 0 Å². The molecular formula is C19H37NO2SiTi. The number of hydrogen-bond acceptors (Lipinski definition) is 3. The molecule has 0 amide bonds. The molecule has 1 aliphatic rings. The van der Waals surface area contributed by atoms with Crippen LogP contribution in [0.4, 0.5) is 0 Å². The summed E-state index contributed by atoms with van der Waals surface area (Å²) in [6.45, 7) is 9.94. The largest absolute Gasteiger partial charge is 0.855 e. The summed E-state index contributed by atoms with van der Waals surface area (Å²) in [4.78, 5) is 0. The van der Waals surface area contributed by atoms with Gasteiger partial charge in [-0.25, -0.2) is 0 Å². The van der Waals surface area contributed by atoms with Gasteiger partial charge in [-0.1, -0.05) is 13.8 Å². The fraction of sp³-hybridized carbons (Fsp3) is 0.579. The van der Waals surface area contributed by atoms with Gasteiger partial charge in [-0.2, -0.15) is 0 Å². The Morgan fingerprint density at radius 3 is 1.96 bits per heavy atom. The Hall–Kier alpha value is -0.229. The number of hydrogen-bond donors (Lipinski definition) is 1. The van der Waals surface area contributed by atoms with Crippen molar-refractivity contribution in [2.45, 2.75) is 54.8 Å². The van der Waals surface area contributed by atoms with Gasteiger partial charge in [-0.15, -0.1) is 13.2 Å². The van der Waals surface area contributed by atoms with Crippen LogP contribution in [0.2, 0.25) is 10.5 Å². The topological polar surface area (TPSA) is 58.1 Å². The summed E-state index contributed by atoms with van der Waals surface area (Å²) in [5.74, 6) is 0. The Kier molecular flexibility index (Phi) is 13.2. The summed E-state index contributed by atoms with van der Waals surface area (Å²) in [6, 6.07) is 8.80. The van der Waals surface area contributed by atoms with E-state index in [-0.39, 0.29) is 29.7 Å². The van der Waals surface area contributed by atoms with E-state index in [4.69, 9.17) is 10.2 Å². The van der Waals surface area contributed by atoms with Crippen molar-refractivity contribution in [2.24, 2.45) is 0 Å². The summed E-state index contributed by atoms with van der Waals surface area (Å²) in [6.07, 6.45) is 4.70. The van der Waals surface area contributed by atoms with Crippen molar-refractivity contribution < 1.29 is 27.1 Å². The van der Waals surface area contributed by atoms with E-state index in [9.17, 15) is 0 Å². The summed E-state index contributed by atoms with van der Waals surface area (Å²) in [5.41, 5.74) is 3.15. The number of fused-ring (bicyclic) bond motifs is 1. The third kappa shape index (κ3) is 9.31. The summed E-state index contributed by atoms with van der Waals surface area (Å²) < 4.78 is 4.56. The number of nitrogens with one attached hydrogen (secondary N) is 1. The second-order valence-corrected chi connectivity index (χ2v) is 13.9. The van der Waals surface area contributed by atoms with Gasteiger partial charge in [0.05, 0.1) is 0 Å². The Morgan fingerprint density at radius 1 is 1.04 bits per heavy atom. The van der Waals surface area contributed by atoms with Gasteiger partial charge in [0.1, 0.15) is 0 Å². The molecule has 0 bridgehead atoms. The zero-order valence-electron chi connectivity index (χ0n) is 15.8. The predicted octanol–water partition coefficient (Wildman–Crippen LogP) is 1.59. The maximum Gasteiger partial charge on any atom is -0.0149 e. The van der Waals surface area contributed by atoms with Crippen LogP contribution in [0.1, 0.15) is 50.0 Å². The van der Waals surface area contributed by atoms with Crippen LogP contribution in [-0.4, -0.2) is 29.7 Å². The van der Waals surface area contributed by atoms with E-state index >= 15 is 0 Å². The van der Waals surface area contributed by atoms with Gasteiger partial charge in [0.25, 0.3) is 0 Å². The first kappa shape index (κ1) is 26.0. The first-order valence-electron chi connectivity index (χ1n) is 8.35. The minimum Gasteiger partial charge on any atom is -0.855 e. The van der Waals surface area contributed by atoms with Gasteiger partial charge in [0.2, 0.25) is 0 Å². The van der Waals surface area contributed by atoms with E-state index in [0.29, 0.717) is 4.22 Å². The summed E-state index contributed by atoms with van der Waals surface area (Å²) in [7, 11) is 0. The summed E-state index contributed by atoms with van der Waals surface area (Å²) >= 11 is -2.04. The Bertz CT molecular complexity index is 483. The van der Waals surface area contributed by atoms with Gasteiger partial charge in [-0.05, 0) is 11.0 Å². The molecule has 24 heavy (non-hydrogen) atoms. The Labute approximate surface area is 157 Å². The monoisotopic (exact) mass is 387 g/mol. The Morgan fingerprint density at radius 2 is 1.50 bits per heavy atom. The average Bonchev–Trinajstić information content (AvgIpc) is 2.82. The smallest absolute Gasteiger partial charge is 0.0149 e. The first-order valence-corrected chi connectivity index (χ1v) is 13.2. The molecule has 138 valence electrons. The van der Waals surface area contributed by atoms with Crippen LogP contribution >= 0.6 is 0 Å². The zero-order valence-corrected chi connectivity index (χ0v) is 17.3. The third-order valence-corrected chi connectivity index (χ3v) is 8.67. The molecule has 0 heterocycles. The van der Waals surface area contributed by atoms with E-state index < -0.39 is 16.8 Å². The van der Waals surface area contributed by atoms with Gasteiger partial charge in [-0.3, -0.25) is 0 Å². The molecule has 0 aliphatic heterocycles. The van der Waals surface area contributed by atoms with Crippen molar-refractivity contribution in [3.8, 4) is 0 Å². The second-order valence-electron chi connectivity index (χ2n) is 7.14. The fourth-order valence-corrected chi connectivity index (χ4v) is 8.71. The molecule has 5 heteroatoms. The molecule has 0 spiro atoms. The van der Waals surface area contributed by atoms with Gasteiger partial charge in [0.15, 0.2) is 0 Å². The minimum atomic E-state index is -2.04. The molecule has 1 aromatic rings. The molecule has 2 rings (SSSR count). The van der Waals surface area contributed by atoms with Crippen LogP contribution in [-0.2, 0) is 16.8 Å². The molecule has 0 saturated carbocycles. The number of rotatable bonds is 2. The maximum absolute atomic E-state index is 8.93. The maximum atomic E-state index is 8.93. The molecule has 0 fully saturated rings. The molecule has 3 nitrogen and oxygen atoms in total. The SMILES string of the molecule is CC(C)(C)[NH][Ti+2]([CH3])([CH3])[CH]1C=Cc2ccccc21.CC[O-].CC[O-].[SiH4]. The quantitative estimate of drug-likeness (QED) is 0.784. The normalized spacial score (nSPS) is 14.6. The van der Waals surface area contributed by atoms with Crippen molar-refractivity contribution >= 4 is 17.0 Å². The number of benzene rings is 1. The molecule has 1 unspecified atom stereocenters. The molecule has 1 N–H and O–H groups in total. The van der Waals surface area contributed by atoms with Crippen LogP contribution in [0.25, 0.3) is 6.08 Å². The minimum absolute atomic E-state index is 0. The van der Waals surface area contributed by atoms with Crippen LogP contribution < -0.4 is 14.0 Å².